The van der Waals surface area contributed by atoms with Gasteiger partial charge in [-0.2, -0.15) is 4.98 Å². The average Bonchev–Trinajstić information content (AvgIpc) is 2.63. The summed E-state index contributed by atoms with van der Waals surface area (Å²) >= 11 is 8.88. The van der Waals surface area contributed by atoms with Crippen LogP contribution in [0.1, 0.15) is 6.42 Å². The van der Waals surface area contributed by atoms with Crippen LogP contribution in [0.15, 0.2) is 6.20 Å². The highest BCUT2D eigenvalue weighted by Gasteiger charge is 2.32. The number of alkyl halides is 1. The predicted octanol–water partition coefficient (Wildman–Crippen LogP) is 2.02. The first-order chi connectivity index (χ1) is 7.61. The first-order valence-electron chi connectivity index (χ1n) is 4.66. The number of halogens is 3. The van der Waals surface area contributed by atoms with Gasteiger partial charge in [0.15, 0.2) is 11.6 Å². The third-order valence-electron chi connectivity index (χ3n) is 2.38. The van der Waals surface area contributed by atoms with E-state index in [0.717, 1.165) is 6.20 Å². The summed E-state index contributed by atoms with van der Waals surface area (Å²) in [6.07, 6.45) is 1.37. The third kappa shape index (κ3) is 2.17. The lowest BCUT2D eigenvalue weighted by Crippen LogP contribution is -2.27. The fraction of sp³-hybridized carbons (Fsp3) is 0.444. The molecule has 0 bridgehead atoms. The van der Waals surface area contributed by atoms with Crippen LogP contribution in [0.2, 0.25) is 5.28 Å². The van der Waals surface area contributed by atoms with Crippen LogP contribution in [-0.2, 0) is 4.79 Å². The van der Waals surface area contributed by atoms with Crippen molar-refractivity contribution in [3.05, 3.63) is 17.3 Å². The number of carbonyl (C=O) groups excluding carboxylic acids is 1. The number of amides is 1. The van der Waals surface area contributed by atoms with Crippen LogP contribution < -0.4 is 4.90 Å². The second-order valence-corrected chi connectivity index (χ2v) is 4.52. The molecule has 0 N–H and O–H groups in total. The standard InChI is InChI=1S/C9H8BrClFN3O/c10-2-5-1-7(16)15(4-5)8-6(12)3-13-9(11)14-8/h3,5H,1-2,4H2. The largest absolute Gasteiger partial charge is 0.294 e. The van der Waals surface area contributed by atoms with E-state index < -0.39 is 5.82 Å². The Bertz CT molecular complexity index is 431. The molecule has 2 heterocycles. The first kappa shape index (κ1) is 11.7. The van der Waals surface area contributed by atoms with Gasteiger partial charge in [0, 0.05) is 18.3 Å². The van der Waals surface area contributed by atoms with E-state index in [4.69, 9.17) is 11.6 Å². The fourth-order valence-electron chi connectivity index (χ4n) is 1.62. The van der Waals surface area contributed by atoms with E-state index in [1.807, 2.05) is 0 Å². The SMILES string of the molecule is O=C1CC(CBr)CN1c1nc(Cl)ncc1F. The number of anilines is 1. The molecule has 86 valence electrons. The Morgan fingerprint density at radius 1 is 1.69 bits per heavy atom. The predicted molar refractivity (Wildman–Crippen MR) is 61.3 cm³/mol. The van der Waals surface area contributed by atoms with Gasteiger partial charge in [0.05, 0.1) is 6.20 Å². The highest BCUT2D eigenvalue weighted by Crippen LogP contribution is 2.26. The van der Waals surface area contributed by atoms with Crippen molar-refractivity contribution in [3.8, 4) is 0 Å². The number of aromatic nitrogens is 2. The minimum absolute atomic E-state index is 0.0338. The Morgan fingerprint density at radius 2 is 2.44 bits per heavy atom. The second-order valence-electron chi connectivity index (χ2n) is 3.54. The molecule has 16 heavy (non-hydrogen) atoms. The zero-order valence-corrected chi connectivity index (χ0v) is 10.5. The monoisotopic (exact) mass is 307 g/mol. The average molecular weight is 309 g/mol. The molecule has 0 aromatic carbocycles. The first-order valence-corrected chi connectivity index (χ1v) is 6.16. The molecule has 1 saturated heterocycles. The van der Waals surface area contributed by atoms with Crippen LogP contribution in [0.4, 0.5) is 10.2 Å². The summed E-state index contributed by atoms with van der Waals surface area (Å²) in [5.74, 6) is -0.625. The summed E-state index contributed by atoms with van der Waals surface area (Å²) in [6.45, 7) is 0.453. The van der Waals surface area contributed by atoms with E-state index in [9.17, 15) is 9.18 Å². The van der Waals surface area contributed by atoms with Crippen LogP contribution in [0.5, 0.6) is 0 Å². The molecule has 0 radical (unpaired) electrons. The lowest BCUT2D eigenvalue weighted by atomic mass is 10.2. The Hall–Kier alpha value is -0.750. The van der Waals surface area contributed by atoms with Gasteiger partial charge in [-0.3, -0.25) is 9.69 Å². The smallest absolute Gasteiger partial charge is 0.228 e. The van der Waals surface area contributed by atoms with Crippen LogP contribution in [0, 0.1) is 11.7 Å². The maximum Gasteiger partial charge on any atom is 0.228 e. The summed E-state index contributed by atoms with van der Waals surface area (Å²) in [5, 5.41) is 0.641. The van der Waals surface area contributed by atoms with Crippen molar-refractivity contribution >= 4 is 39.3 Å². The van der Waals surface area contributed by atoms with Gasteiger partial charge in [0.25, 0.3) is 0 Å². The van der Waals surface area contributed by atoms with Gasteiger partial charge in [0.1, 0.15) is 0 Å². The lowest BCUT2D eigenvalue weighted by molar-refractivity contribution is -0.117. The van der Waals surface area contributed by atoms with Gasteiger partial charge in [-0.25, -0.2) is 9.37 Å². The summed E-state index contributed by atoms with van der Waals surface area (Å²) in [6, 6.07) is 0. The van der Waals surface area contributed by atoms with Gasteiger partial charge >= 0.3 is 0 Å². The van der Waals surface area contributed by atoms with Crippen LogP contribution in [0.25, 0.3) is 0 Å². The fourth-order valence-corrected chi connectivity index (χ4v) is 2.18. The molecule has 1 aliphatic rings. The Kier molecular flexibility index (Phi) is 3.39. The summed E-state index contributed by atoms with van der Waals surface area (Å²) in [5.41, 5.74) is 0. The normalized spacial score (nSPS) is 20.6. The van der Waals surface area contributed by atoms with Crippen LogP contribution in [-0.4, -0.2) is 27.7 Å². The Morgan fingerprint density at radius 3 is 3.06 bits per heavy atom. The zero-order valence-electron chi connectivity index (χ0n) is 8.16. The molecule has 1 aromatic rings. The van der Waals surface area contributed by atoms with Gasteiger partial charge < -0.3 is 0 Å². The molecule has 1 fully saturated rings. The number of rotatable bonds is 2. The number of carbonyl (C=O) groups is 1. The maximum atomic E-state index is 13.4. The highest BCUT2D eigenvalue weighted by molar-refractivity contribution is 9.09. The number of nitrogens with zero attached hydrogens (tertiary/aromatic N) is 3. The second kappa shape index (κ2) is 4.63. The van der Waals surface area contributed by atoms with E-state index in [1.54, 1.807) is 0 Å². The van der Waals surface area contributed by atoms with Crippen LogP contribution >= 0.6 is 27.5 Å². The van der Waals surface area contributed by atoms with Crippen molar-refractivity contribution in [1.29, 1.82) is 0 Å². The lowest BCUT2D eigenvalue weighted by Gasteiger charge is -2.15. The van der Waals surface area contributed by atoms with E-state index in [1.165, 1.54) is 4.90 Å². The molecular formula is C9H8BrClFN3O. The van der Waals surface area contributed by atoms with Crippen LogP contribution in [0.3, 0.4) is 0 Å². The maximum absolute atomic E-state index is 13.4. The van der Waals surface area contributed by atoms with Crippen molar-refractivity contribution in [1.82, 2.24) is 9.97 Å². The molecule has 1 aliphatic heterocycles. The van der Waals surface area contributed by atoms with Gasteiger partial charge in [-0.1, -0.05) is 15.9 Å². The van der Waals surface area contributed by atoms with Crippen molar-refractivity contribution in [2.45, 2.75) is 6.42 Å². The molecule has 0 spiro atoms. The van der Waals surface area contributed by atoms with E-state index in [2.05, 4.69) is 25.9 Å². The molecule has 1 amide bonds. The summed E-state index contributed by atoms with van der Waals surface area (Å²) < 4.78 is 13.4. The quantitative estimate of drug-likeness (QED) is 0.620. The topological polar surface area (TPSA) is 46.1 Å². The Labute approximate surface area is 105 Å². The third-order valence-corrected chi connectivity index (χ3v) is 3.47. The van der Waals surface area contributed by atoms with Gasteiger partial charge in [0.2, 0.25) is 11.2 Å². The van der Waals surface area contributed by atoms with E-state index >= 15 is 0 Å². The zero-order chi connectivity index (χ0) is 11.7. The molecule has 4 nitrogen and oxygen atoms in total. The van der Waals surface area contributed by atoms with E-state index in [-0.39, 0.29) is 22.9 Å². The number of hydrogen-bond acceptors (Lipinski definition) is 3. The molecule has 0 aliphatic carbocycles. The molecule has 7 heteroatoms. The molecule has 0 saturated carbocycles. The Balaban J connectivity index is 2.30. The number of hydrogen-bond donors (Lipinski definition) is 0. The van der Waals surface area contributed by atoms with Crippen molar-refractivity contribution < 1.29 is 9.18 Å². The van der Waals surface area contributed by atoms with Gasteiger partial charge in [-0.05, 0) is 17.5 Å². The van der Waals surface area contributed by atoms with Crippen molar-refractivity contribution in [3.63, 3.8) is 0 Å². The highest BCUT2D eigenvalue weighted by atomic mass is 79.9. The van der Waals surface area contributed by atoms with E-state index in [0.29, 0.717) is 18.3 Å². The summed E-state index contributed by atoms with van der Waals surface area (Å²) in [7, 11) is 0. The molecule has 2 rings (SSSR count). The molecule has 1 atom stereocenters. The minimum Gasteiger partial charge on any atom is -0.294 e. The molecule has 1 aromatic heterocycles. The molecule has 1 unspecified atom stereocenters. The summed E-state index contributed by atoms with van der Waals surface area (Å²) in [4.78, 5) is 20.2. The van der Waals surface area contributed by atoms with Gasteiger partial charge in [-0.15, -0.1) is 0 Å². The van der Waals surface area contributed by atoms with Crippen molar-refractivity contribution in [2.75, 3.05) is 16.8 Å². The van der Waals surface area contributed by atoms with Crippen molar-refractivity contribution in [2.24, 2.45) is 5.92 Å². The molecular weight excluding hydrogens is 300 g/mol. The minimum atomic E-state index is -0.632.